The number of unbranched alkanes of at least 4 members (excludes halogenated alkanes) is 1. The van der Waals surface area contributed by atoms with Crippen molar-refractivity contribution in [2.24, 2.45) is 0 Å². The van der Waals surface area contributed by atoms with Crippen molar-refractivity contribution in [3.05, 3.63) is 42.5 Å². The van der Waals surface area contributed by atoms with Crippen molar-refractivity contribution in [1.29, 1.82) is 0 Å². The van der Waals surface area contributed by atoms with Gasteiger partial charge in [-0.2, -0.15) is 4.58 Å². The molecule has 0 saturated heterocycles. The predicted octanol–water partition coefficient (Wildman–Crippen LogP) is 3.59. The molecule has 0 unspecified atom stereocenters. The Morgan fingerprint density at radius 2 is 2.05 bits per heavy atom. The highest BCUT2D eigenvalue weighted by Crippen LogP contribution is 2.39. The van der Waals surface area contributed by atoms with E-state index in [4.69, 9.17) is 4.74 Å². The van der Waals surface area contributed by atoms with Crippen LogP contribution in [-0.2, 0) is 14.9 Å². The Hall–Kier alpha value is -1.90. The Morgan fingerprint density at radius 3 is 2.76 bits per heavy atom. The van der Waals surface area contributed by atoms with Crippen LogP contribution in [0.25, 0.3) is 0 Å². The predicted molar refractivity (Wildman–Crippen MR) is 85.3 cm³/mol. The standard InChI is InChI=1S/C18H24NO2/c1-5-17(20)21-13-9-8-12-19-14(2)18(3,4)15-10-6-7-11-16(15)19/h5-7,10-11H,1,8-9,12-13H2,2-4H3/q+1. The van der Waals surface area contributed by atoms with Crippen LogP contribution in [0.4, 0.5) is 5.69 Å². The fraction of sp³-hybridized carbons (Fsp3) is 0.444. The minimum atomic E-state index is -0.342. The van der Waals surface area contributed by atoms with Crippen molar-refractivity contribution in [1.82, 2.24) is 0 Å². The second-order valence-electron chi connectivity index (χ2n) is 5.96. The van der Waals surface area contributed by atoms with Gasteiger partial charge in [-0.1, -0.05) is 24.8 Å². The second-order valence-corrected chi connectivity index (χ2v) is 5.96. The Balaban J connectivity index is 1.99. The first-order valence-corrected chi connectivity index (χ1v) is 7.48. The Morgan fingerprint density at radius 1 is 1.33 bits per heavy atom. The van der Waals surface area contributed by atoms with Gasteiger partial charge in [-0.05, 0) is 20.3 Å². The van der Waals surface area contributed by atoms with Crippen LogP contribution < -0.4 is 0 Å². The molecule has 2 rings (SSSR count). The third kappa shape index (κ3) is 3.07. The molecular formula is C18H24NO2+. The van der Waals surface area contributed by atoms with Crippen LogP contribution in [0.15, 0.2) is 36.9 Å². The second kappa shape index (κ2) is 6.25. The summed E-state index contributed by atoms with van der Waals surface area (Å²) in [4.78, 5) is 11.0. The lowest BCUT2D eigenvalue weighted by Crippen LogP contribution is -2.26. The fourth-order valence-corrected chi connectivity index (χ4v) is 2.84. The van der Waals surface area contributed by atoms with E-state index in [1.807, 2.05) is 0 Å². The van der Waals surface area contributed by atoms with Gasteiger partial charge in [-0.3, -0.25) is 0 Å². The average molecular weight is 286 g/mol. The summed E-state index contributed by atoms with van der Waals surface area (Å²) in [5.74, 6) is -0.342. The summed E-state index contributed by atoms with van der Waals surface area (Å²) in [5, 5.41) is 0. The number of rotatable bonds is 6. The maximum absolute atomic E-state index is 11.0. The van der Waals surface area contributed by atoms with E-state index >= 15 is 0 Å². The van der Waals surface area contributed by atoms with Crippen LogP contribution >= 0.6 is 0 Å². The number of nitrogens with zero attached hydrogens (tertiary/aromatic N) is 1. The summed E-state index contributed by atoms with van der Waals surface area (Å²) in [5.41, 5.74) is 4.17. The number of ether oxygens (including phenoxy) is 1. The molecule has 1 aliphatic rings. The summed E-state index contributed by atoms with van der Waals surface area (Å²) in [7, 11) is 0. The number of esters is 1. The first kappa shape index (κ1) is 15.5. The first-order chi connectivity index (χ1) is 9.98. The van der Waals surface area contributed by atoms with Gasteiger partial charge in [0.15, 0.2) is 5.71 Å². The third-order valence-electron chi connectivity index (χ3n) is 4.36. The van der Waals surface area contributed by atoms with Crippen LogP contribution in [0.2, 0.25) is 0 Å². The third-order valence-corrected chi connectivity index (χ3v) is 4.36. The summed E-state index contributed by atoms with van der Waals surface area (Å²) in [6.45, 7) is 11.6. The van der Waals surface area contributed by atoms with Crippen LogP contribution in [0.3, 0.4) is 0 Å². The molecule has 1 aromatic carbocycles. The zero-order valence-corrected chi connectivity index (χ0v) is 13.2. The normalized spacial score (nSPS) is 15.8. The fourth-order valence-electron chi connectivity index (χ4n) is 2.84. The van der Waals surface area contributed by atoms with Crippen molar-refractivity contribution < 1.29 is 14.1 Å². The van der Waals surface area contributed by atoms with Gasteiger partial charge in [-0.25, -0.2) is 4.79 Å². The quantitative estimate of drug-likeness (QED) is 0.346. The molecule has 3 nitrogen and oxygen atoms in total. The van der Waals surface area contributed by atoms with Crippen molar-refractivity contribution in [2.75, 3.05) is 13.2 Å². The molecule has 0 amide bonds. The van der Waals surface area contributed by atoms with E-state index < -0.39 is 0 Å². The Labute approximate surface area is 126 Å². The topological polar surface area (TPSA) is 29.3 Å². The molecule has 0 saturated carbocycles. The Kier molecular flexibility index (Phi) is 4.61. The largest absolute Gasteiger partial charge is 0.463 e. The lowest BCUT2D eigenvalue weighted by molar-refractivity contribution is -0.439. The maximum atomic E-state index is 11.0. The molecule has 1 heterocycles. The molecule has 21 heavy (non-hydrogen) atoms. The molecule has 0 spiro atoms. The molecule has 1 aromatic rings. The minimum Gasteiger partial charge on any atom is -0.463 e. The molecular weight excluding hydrogens is 262 g/mol. The number of hydrogen-bond acceptors (Lipinski definition) is 2. The van der Waals surface area contributed by atoms with Gasteiger partial charge in [0, 0.05) is 31.1 Å². The van der Waals surface area contributed by atoms with Crippen LogP contribution in [-0.4, -0.2) is 29.4 Å². The van der Waals surface area contributed by atoms with Gasteiger partial charge in [0.25, 0.3) is 0 Å². The number of para-hydroxylation sites is 1. The van der Waals surface area contributed by atoms with E-state index in [9.17, 15) is 4.79 Å². The summed E-state index contributed by atoms with van der Waals surface area (Å²) >= 11 is 0. The number of hydrogen-bond donors (Lipinski definition) is 0. The minimum absolute atomic E-state index is 0.0892. The van der Waals surface area contributed by atoms with Crippen molar-refractivity contribution in [3.63, 3.8) is 0 Å². The molecule has 112 valence electrons. The number of carbonyl (C=O) groups excluding carboxylic acids is 1. The monoisotopic (exact) mass is 286 g/mol. The van der Waals surface area contributed by atoms with Gasteiger partial charge >= 0.3 is 5.97 Å². The maximum Gasteiger partial charge on any atom is 0.330 e. The van der Waals surface area contributed by atoms with E-state index in [1.54, 1.807) is 0 Å². The summed E-state index contributed by atoms with van der Waals surface area (Å²) in [6.07, 6.45) is 3.06. The smallest absolute Gasteiger partial charge is 0.330 e. The molecule has 3 heteroatoms. The molecule has 0 N–H and O–H groups in total. The lowest BCUT2D eigenvalue weighted by Gasteiger charge is -2.14. The van der Waals surface area contributed by atoms with Gasteiger partial charge in [0.1, 0.15) is 6.54 Å². The number of benzene rings is 1. The van der Waals surface area contributed by atoms with E-state index in [2.05, 4.69) is 56.2 Å². The van der Waals surface area contributed by atoms with Crippen molar-refractivity contribution in [3.8, 4) is 0 Å². The van der Waals surface area contributed by atoms with Crippen molar-refractivity contribution >= 4 is 17.4 Å². The Bertz CT molecular complexity index is 585. The molecule has 0 aromatic heterocycles. The number of carbonyl (C=O) groups is 1. The first-order valence-electron chi connectivity index (χ1n) is 7.48. The van der Waals surface area contributed by atoms with Crippen LogP contribution in [0, 0.1) is 0 Å². The molecule has 0 aliphatic carbocycles. The SMILES string of the molecule is C=CC(=O)OCCCC[N+]1=C(C)C(C)(C)c2ccccc21. The van der Waals surface area contributed by atoms with E-state index in [1.165, 1.54) is 23.0 Å². The van der Waals surface area contributed by atoms with E-state index in [-0.39, 0.29) is 11.4 Å². The average Bonchev–Trinajstić information content (AvgIpc) is 2.67. The number of fused-ring (bicyclic) bond motifs is 1. The molecule has 1 aliphatic heterocycles. The molecule has 0 fully saturated rings. The van der Waals surface area contributed by atoms with Crippen LogP contribution in [0.1, 0.15) is 39.2 Å². The highest BCUT2D eigenvalue weighted by molar-refractivity contribution is 5.93. The van der Waals surface area contributed by atoms with Crippen LogP contribution in [0.5, 0.6) is 0 Å². The van der Waals surface area contributed by atoms with Gasteiger partial charge in [-0.15, -0.1) is 0 Å². The highest BCUT2D eigenvalue weighted by atomic mass is 16.5. The zero-order chi connectivity index (χ0) is 15.5. The van der Waals surface area contributed by atoms with E-state index in [0.29, 0.717) is 6.61 Å². The van der Waals surface area contributed by atoms with Gasteiger partial charge < -0.3 is 4.74 Å². The molecule has 0 atom stereocenters. The zero-order valence-electron chi connectivity index (χ0n) is 13.2. The lowest BCUT2D eigenvalue weighted by atomic mass is 9.82. The van der Waals surface area contributed by atoms with Gasteiger partial charge in [0.2, 0.25) is 5.69 Å². The molecule has 0 radical (unpaired) electrons. The highest BCUT2D eigenvalue weighted by Gasteiger charge is 2.42. The molecule has 0 bridgehead atoms. The summed E-state index contributed by atoms with van der Waals surface area (Å²) < 4.78 is 7.40. The van der Waals surface area contributed by atoms with Gasteiger partial charge in [0.05, 0.1) is 12.0 Å². The summed E-state index contributed by atoms with van der Waals surface area (Å²) in [6, 6.07) is 8.59. The van der Waals surface area contributed by atoms with E-state index in [0.717, 1.165) is 19.4 Å². The van der Waals surface area contributed by atoms with Crippen molar-refractivity contribution in [2.45, 2.75) is 39.0 Å².